The summed E-state index contributed by atoms with van der Waals surface area (Å²) in [5.74, 6) is 0.289. The lowest BCUT2D eigenvalue weighted by atomic mass is 10.1. The number of piperazine rings is 1. The van der Waals surface area contributed by atoms with Gasteiger partial charge in [0.25, 0.3) is 5.91 Å². The van der Waals surface area contributed by atoms with Gasteiger partial charge in [0.15, 0.2) is 0 Å². The lowest BCUT2D eigenvalue weighted by Crippen LogP contribution is -2.49. The molecular formula is C21H18Cl2N2O4. The van der Waals surface area contributed by atoms with Gasteiger partial charge >= 0.3 is 5.63 Å². The van der Waals surface area contributed by atoms with Crippen molar-refractivity contribution in [2.45, 2.75) is 0 Å². The molecule has 0 spiro atoms. The van der Waals surface area contributed by atoms with Crippen molar-refractivity contribution < 1.29 is 13.9 Å². The van der Waals surface area contributed by atoms with Crippen LogP contribution in [0.2, 0.25) is 10.0 Å². The summed E-state index contributed by atoms with van der Waals surface area (Å²) in [6.07, 6.45) is 0. The van der Waals surface area contributed by atoms with Crippen LogP contribution in [0.3, 0.4) is 0 Å². The monoisotopic (exact) mass is 432 g/mol. The molecule has 150 valence electrons. The van der Waals surface area contributed by atoms with Crippen molar-refractivity contribution in [1.82, 2.24) is 4.90 Å². The van der Waals surface area contributed by atoms with Gasteiger partial charge in [-0.25, -0.2) is 4.79 Å². The molecule has 1 amide bonds. The summed E-state index contributed by atoms with van der Waals surface area (Å²) >= 11 is 12.1. The molecule has 29 heavy (non-hydrogen) atoms. The van der Waals surface area contributed by atoms with Crippen LogP contribution in [0, 0.1) is 0 Å². The Hall–Kier alpha value is -2.70. The van der Waals surface area contributed by atoms with E-state index in [-0.39, 0.29) is 11.5 Å². The Morgan fingerprint density at radius 2 is 1.76 bits per heavy atom. The predicted molar refractivity (Wildman–Crippen MR) is 114 cm³/mol. The summed E-state index contributed by atoms with van der Waals surface area (Å²) in [4.78, 5) is 29.1. The molecule has 1 fully saturated rings. The molecule has 0 aliphatic carbocycles. The fraction of sp³-hybridized carbons (Fsp3) is 0.238. The Bertz CT molecular complexity index is 1140. The molecule has 1 aliphatic heterocycles. The zero-order valence-corrected chi connectivity index (χ0v) is 17.2. The van der Waals surface area contributed by atoms with Gasteiger partial charge < -0.3 is 19.0 Å². The van der Waals surface area contributed by atoms with Crippen molar-refractivity contribution in [3.05, 3.63) is 68.5 Å². The summed E-state index contributed by atoms with van der Waals surface area (Å²) in [5, 5.41) is 1.64. The van der Waals surface area contributed by atoms with Gasteiger partial charge in [-0.2, -0.15) is 0 Å². The number of carbonyl (C=O) groups excluding carboxylic acids is 1. The molecule has 3 aromatic rings. The summed E-state index contributed by atoms with van der Waals surface area (Å²) < 4.78 is 10.5. The highest BCUT2D eigenvalue weighted by molar-refractivity contribution is 6.42. The Labute approximate surface area is 177 Å². The van der Waals surface area contributed by atoms with E-state index in [4.69, 9.17) is 32.4 Å². The largest absolute Gasteiger partial charge is 0.497 e. The van der Waals surface area contributed by atoms with E-state index in [2.05, 4.69) is 4.90 Å². The first-order valence-electron chi connectivity index (χ1n) is 9.07. The molecule has 2 aromatic carbocycles. The lowest BCUT2D eigenvalue weighted by Gasteiger charge is -2.36. The highest BCUT2D eigenvalue weighted by Gasteiger charge is 2.25. The van der Waals surface area contributed by atoms with Crippen molar-refractivity contribution in [3.63, 3.8) is 0 Å². The molecule has 0 saturated carbocycles. The van der Waals surface area contributed by atoms with Gasteiger partial charge in [0.2, 0.25) is 0 Å². The quantitative estimate of drug-likeness (QED) is 0.583. The highest BCUT2D eigenvalue weighted by atomic mass is 35.5. The van der Waals surface area contributed by atoms with Gasteiger partial charge in [-0.05, 0) is 42.5 Å². The highest BCUT2D eigenvalue weighted by Crippen LogP contribution is 2.28. The molecule has 1 aromatic heterocycles. The van der Waals surface area contributed by atoms with Crippen molar-refractivity contribution >= 4 is 45.8 Å². The Kier molecular flexibility index (Phi) is 5.39. The second-order valence-electron chi connectivity index (χ2n) is 6.73. The first-order chi connectivity index (χ1) is 14.0. The van der Waals surface area contributed by atoms with Gasteiger partial charge in [0, 0.05) is 37.3 Å². The van der Waals surface area contributed by atoms with E-state index in [0.29, 0.717) is 52.9 Å². The Morgan fingerprint density at radius 3 is 2.45 bits per heavy atom. The number of anilines is 1. The van der Waals surface area contributed by atoms with Gasteiger partial charge in [-0.3, -0.25) is 4.79 Å². The lowest BCUT2D eigenvalue weighted by molar-refractivity contribution is 0.0742. The summed E-state index contributed by atoms with van der Waals surface area (Å²) in [6, 6.07) is 12.1. The third kappa shape index (κ3) is 3.91. The van der Waals surface area contributed by atoms with E-state index in [0.717, 1.165) is 5.69 Å². The van der Waals surface area contributed by atoms with E-state index < -0.39 is 5.63 Å². The van der Waals surface area contributed by atoms with Crippen molar-refractivity contribution in [2.24, 2.45) is 0 Å². The number of rotatable bonds is 3. The number of halogens is 2. The van der Waals surface area contributed by atoms with Crippen LogP contribution in [-0.4, -0.2) is 44.1 Å². The van der Waals surface area contributed by atoms with Crippen LogP contribution in [0.15, 0.2) is 51.7 Å². The molecule has 0 atom stereocenters. The summed E-state index contributed by atoms with van der Waals surface area (Å²) in [7, 11) is 1.56. The van der Waals surface area contributed by atoms with Crippen molar-refractivity contribution in [1.29, 1.82) is 0 Å². The second-order valence-corrected chi connectivity index (χ2v) is 7.54. The number of fused-ring (bicyclic) bond motifs is 1. The van der Waals surface area contributed by atoms with Crippen LogP contribution in [0.5, 0.6) is 5.75 Å². The van der Waals surface area contributed by atoms with Gasteiger partial charge in [0.1, 0.15) is 16.9 Å². The van der Waals surface area contributed by atoms with E-state index in [9.17, 15) is 9.59 Å². The van der Waals surface area contributed by atoms with Crippen LogP contribution in [-0.2, 0) is 0 Å². The zero-order chi connectivity index (χ0) is 20.5. The minimum absolute atomic E-state index is 0.0220. The number of hydrogen-bond donors (Lipinski definition) is 0. The van der Waals surface area contributed by atoms with Gasteiger partial charge in [-0.1, -0.05) is 23.2 Å². The molecule has 0 unspecified atom stereocenters. The zero-order valence-electron chi connectivity index (χ0n) is 15.7. The molecular weight excluding hydrogens is 415 g/mol. The number of methoxy groups -OCH3 is 1. The average molecular weight is 433 g/mol. The maximum absolute atomic E-state index is 12.9. The van der Waals surface area contributed by atoms with Crippen LogP contribution >= 0.6 is 23.2 Å². The number of ether oxygens (including phenoxy) is 1. The minimum atomic E-state index is -0.639. The number of amides is 1. The van der Waals surface area contributed by atoms with Gasteiger partial charge in [-0.15, -0.1) is 0 Å². The van der Waals surface area contributed by atoms with Crippen LogP contribution in [0.1, 0.15) is 10.4 Å². The molecule has 8 heteroatoms. The number of carbonyl (C=O) groups is 1. The average Bonchev–Trinajstić information content (AvgIpc) is 2.74. The third-order valence-electron chi connectivity index (χ3n) is 5.00. The molecule has 2 heterocycles. The van der Waals surface area contributed by atoms with Crippen LogP contribution in [0.25, 0.3) is 11.0 Å². The van der Waals surface area contributed by atoms with E-state index in [1.165, 1.54) is 0 Å². The van der Waals surface area contributed by atoms with E-state index in [1.807, 2.05) is 12.1 Å². The van der Waals surface area contributed by atoms with E-state index in [1.54, 1.807) is 42.3 Å². The SMILES string of the molecule is COc1ccc2oc(=O)c(C(=O)N3CCN(c4ccc(Cl)c(Cl)c4)CC3)cc2c1. The predicted octanol–water partition coefficient (Wildman–Crippen LogP) is 4.07. The maximum atomic E-state index is 12.9. The topological polar surface area (TPSA) is 63.0 Å². The molecule has 1 aliphatic rings. The third-order valence-corrected chi connectivity index (χ3v) is 5.74. The smallest absolute Gasteiger partial charge is 0.349 e. The fourth-order valence-electron chi connectivity index (χ4n) is 3.40. The molecule has 0 radical (unpaired) electrons. The van der Waals surface area contributed by atoms with E-state index >= 15 is 0 Å². The number of nitrogens with zero attached hydrogens (tertiary/aromatic N) is 2. The minimum Gasteiger partial charge on any atom is -0.497 e. The van der Waals surface area contributed by atoms with Crippen molar-refractivity contribution in [2.75, 3.05) is 38.2 Å². The maximum Gasteiger partial charge on any atom is 0.349 e. The van der Waals surface area contributed by atoms with Crippen LogP contribution in [0.4, 0.5) is 5.69 Å². The summed E-state index contributed by atoms with van der Waals surface area (Å²) in [5.41, 5.74) is 0.744. The Morgan fingerprint density at radius 1 is 1.00 bits per heavy atom. The Balaban J connectivity index is 1.52. The van der Waals surface area contributed by atoms with Gasteiger partial charge in [0.05, 0.1) is 17.2 Å². The normalized spacial score (nSPS) is 14.3. The second kappa shape index (κ2) is 7.97. The molecule has 1 saturated heterocycles. The molecule has 6 nitrogen and oxygen atoms in total. The molecule has 0 N–H and O–H groups in total. The first kappa shape index (κ1) is 19.6. The standard InChI is InChI=1S/C21H18Cl2N2O4/c1-28-15-3-5-19-13(10-15)11-16(21(27)29-19)20(26)25-8-6-24(7-9-25)14-2-4-17(22)18(23)12-14/h2-5,10-12H,6-9H2,1H3. The molecule has 4 rings (SSSR count). The number of hydrogen-bond acceptors (Lipinski definition) is 5. The summed E-state index contributed by atoms with van der Waals surface area (Å²) in [6.45, 7) is 2.20. The number of benzene rings is 2. The molecule has 0 bridgehead atoms. The van der Waals surface area contributed by atoms with Crippen LogP contribution < -0.4 is 15.3 Å². The first-order valence-corrected chi connectivity index (χ1v) is 9.83. The fourth-order valence-corrected chi connectivity index (χ4v) is 3.69. The van der Waals surface area contributed by atoms with Crippen molar-refractivity contribution in [3.8, 4) is 5.75 Å².